The van der Waals surface area contributed by atoms with Crippen molar-refractivity contribution in [3.63, 3.8) is 0 Å². The van der Waals surface area contributed by atoms with Crippen LogP contribution in [0.2, 0.25) is 0 Å². The summed E-state index contributed by atoms with van der Waals surface area (Å²) in [5.74, 6) is 0. The molecule has 1 aliphatic heterocycles. The quantitative estimate of drug-likeness (QED) is 0.221. The van der Waals surface area contributed by atoms with Crippen LogP contribution in [-0.2, 0) is 9.31 Å². The molecule has 0 bridgehead atoms. The maximum Gasteiger partial charge on any atom is 0.494 e. The van der Waals surface area contributed by atoms with Gasteiger partial charge in [-0.2, -0.15) is 0 Å². The van der Waals surface area contributed by atoms with Gasteiger partial charge in [-0.1, -0.05) is 115 Å². The molecule has 0 N–H and O–H groups in total. The van der Waals surface area contributed by atoms with Crippen LogP contribution in [0.15, 0.2) is 127 Å². The van der Waals surface area contributed by atoms with E-state index in [-0.39, 0.29) is 18.3 Å². The fraction of sp³-hybridized carbons (Fsp3) is 0.167. The lowest BCUT2D eigenvalue weighted by molar-refractivity contribution is 0.00578. The molecule has 0 unspecified atom stereocenters. The largest absolute Gasteiger partial charge is 0.494 e. The minimum atomic E-state index is -0.371. The molecule has 2 nitrogen and oxygen atoms in total. The van der Waals surface area contributed by atoms with Crippen molar-refractivity contribution in [2.45, 2.75) is 38.9 Å². The SMILES string of the molecule is CC1(C)OB(c2ccc(-c3cc(-c4ccccc4)c(-c4ccccc4)c(-c4ccccc4)c3)cc2)OC1(C)C. The fourth-order valence-corrected chi connectivity index (χ4v) is 5.23. The maximum absolute atomic E-state index is 6.29. The zero-order valence-electron chi connectivity index (χ0n) is 23.0. The van der Waals surface area contributed by atoms with Crippen LogP contribution in [0.3, 0.4) is 0 Å². The van der Waals surface area contributed by atoms with Crippen molar-refractivity contribution in [1.82, 2.24) is 0 Å². The third-order valence-electron chi connectivity index (χ3n) is 8.14. The number of rotatable bonds is 5. The van der Waals surface area contributed by atoms with Crippen molar-refractivity contribution in [2.75, 3.05) is 0 Å². The zero-order valence-corrected chi connectivity index (χ0v) is 23.0. The molecule has 39 heavy (non-hydrogen) atoms. The molecule has 1 saturated heterocycles. The van der Waals surface area contributed by atoms with Gasteiger partial charge in [0.15, 0.2) is 0 Å². The molecule has 0 spiro atoms. The molecule has 0 atom stereocenters. The van der Waals surface area contributed by atoms with Crippen LogP contribution in [0.25, 0.3) is 44.5 Å². The summed E-state index contributed by atoms with van der Waals surface area (Å²) in [6.07, 6.45) is 0. The summed E-state index contributed by atoms with van der Waals surface area (Å²) in [4.78, 5) is 0. The molecule has 1 aliphatic rings. The first-order valence-corrected chi connectivity index (χ1v) is 13.6. The third kappa shape index (κ3) is 4.85. The first-order chi connectivity index (χ1) is 18.8. The van der Waals surface area contributed by atoms with Gasteiger partial charge in [-0.15, -0.1) is 0 Å². The van der Waals surface area contributed by atoms with Crippen LogP contribution in [-0.4, -0.2) is 18.3 Å². The Morgan fingerprint density at radius 2 is 0.846 bits per heavy atom. The molecule has 6 rings (SSSR count). The molecule has 0 amide bonds. The predicted molar refractivity (Wildman–Crippen MR) is 164 cm³/mol. The van der Waals surface area contributed by atoms with Crippen LogP contribution in [0.5, 0.6) is 0 Å². The van der Waals surface area contributed by atoms with Crippen molar-refractivity contribution >= 4 is 12.6 Å². The Morgan fingerprint density at radius 3 is 1.28 bits per heavy atom. The minimum absolute atomic E-state index is 0.362. The fourth-order valence-electron chi connectivity index (χ4n) is 5.23. The molecule has 1 heterocycles. The minimum Gasteiger partial charge on any atom is -0.399 e. The third-order valence-corrected chi connectivity index (χ3v) is 8.14. The van der Waals surface area contributed by atoms with Crippen LogP contribution in [0.1, 0.15) is 27.7 Å². The first-order valence-electron chi connectivity index (χ1n) is 13.6. The van der Waals surface area contributed by atoms with E-state index in [1.165, 1.54) is 38.9 Å². The van der Waals surface area contributed by atoms with Crippen molar-refractivity contribution in [1.29, 1.82) is 0 Å². The van der Waals surface area contributed by atoms with Gasteiger partial charge in [0.1, 0.15) is 0 Å². The second kappa shape index (κ2) is 10.00. The molecule has 1 fully saturated rings. The molecular formula is C36H33BO2. The van der Waals surface area contributed by atoms with Crippen molar-refractivity contribution < 1.29 is 9.31 Å². The van der Waals surface area contributed by atoms with E-state index in [4.69, 9.17) is 9.31 Å². The molecule has 0 aromatic heterocycles. The van der Waals surface area contributed by atoms with Gasteiger partial charge in [-0.3, -0.25) is 0 Å². The second-order valence-electron chi connectivity index (χ2n) is 11.3. The summed E-state index contributed by atoms with van der Waals surface area (Å²) in [6.45, 7) is 8.36. The average Bonchev–Trinajstić information content (AvgIpc) is 3.20. The Balaban J connectivity index is 1.50. The lowest BCUT2D eigenvalue weighted by atomic mass is 9.78. The van der Waals surface area contributed by atoms with Crippen LogP contribution in [0, 0.1) is 0 Å². The highest BCUT2D eigenvalue weighted by molar-refractivity contribution is 6.62. The maximum atomic E-state index is 6.29. The number of hydrogen-bond acceptors (Lipinski definition) is 2. The molecule has 5 aromatic rings. The lowest BCUT2D eigenvalue weighted by Gasteiger charge is -2.32. The Labute approximate surface area is 232 Å². The summed E-state index contributed by atoms with van der Waals surface area (Å²) < 4.78 is 12.6. The molecule has 5 aromatic carbocycles. The van der Waals surface area contributed by atoms with Crippen LogP contribution in [0.4, 0.5) is 0 Å². The smallest absolute Gasteiger partial charge is 0.399 e. The molecule has 3 heteroatoms. The number of benzene rings is 5. The summed E-state index contributed by atoms with van der Waals surface area (Å²) in [7, 11) is -0.371. The highest BCUT2D eigenvalue weighted by Gasteiger charge is 2.51. The summed E-state index contributed by atoms with van der Waals surface area (Å²) in [6, 6.07) is 45.3. The van der Waals surface area contributed by atoms with Gasteiger partial charge in [0.05, 0.1) is 11.2 Å². The Kier molecular flexibility index (Phi) is 6.50. The van der Waals surface area contributed by atoms with E-state index in [2.05, 4.69) is 155 Å². The van der Waals surface area contributed by atoms with E-state index < -0.39 is 0 Å². The van der Waals surface area contributed by atoms with Gasteiger partial charge in [-0.25, -0.2) is 0 Å². The van der Waals surface area contributed by atoms with Gasteiger partial charge in [0.2, 0.25) is 0 Å². The topological polar surface area (TPSA) is 18.5 Å². The van der Waals surface area contributed by atoms with E-state index in [0.717, 1.165) is 11.0 Å². The highest BCUT2D eigenvalue weighted by Crippen LogP contribution is 2.43. The molecule has 0 aliphatic carbocycles. The van der Waals surface area contributed by atoms with E-state index >= 15 is 0 Å². The molecule has 0 radical (unpaired) electrons. The summed E-state index contributed by atoms with van der Waals surface area (Å²) >= 11 is 0. The van der Waals surface area contributed by atoms with Gasteiger partial charge >= 0.3 is 7.12 Å². The first kappa shape index (κ1) is 25.4. The average molecular weight is 508 g/mol. The zero-order chi connectivity index (χ0) is 27.0. The van der Waals surface area contributed by atoms with Crippen LogP contribution < -0.4 is 5.46 Å². The van der Waals surface area contributed by atoms with Crippen molar-refractivity contribution in [2.24, 2.45) is 0 Å². The van der Waals surface area contributed by atoms with E-state index in [0.29, 0.717) is 0 Å². The van der Waals surface area contributed by atoms with Crippen molar-refractivity contribution in [3.8, 4) is 44.5 Å². The molecular weight excluding hydrogens is 475 g/mol. The van der Waals surface area contributed by atoms with Crippen molar-refractivity contribution in [3.05, 3.63) is 127 Å². The predicted octanol–water partition coefficient (Wildman–Crippen LogP) is 8.65. The standard InChI is InChI=1S/C36H33BO2/c1-35(2)36(3,4)39-37(38-35)31-22-20-26(21-23-31)30-24-32(27-14-8-5-9-15-27)34(29-18-12-7-13-19-29)33(25-30)28-16-10-6-11-17-28/h5-25H,1-4H3. The lowest BCUT2D eigenvalue weighted by Crippen LogP contribution is -2.41. The summed E-state index contributed by atoms with van der Waals surface area (Å²) in [5.41, 5.74) is 9.91. The summed E-state index contributed by atoms with van der Waals surface area (Å²) in [5, 5.41) is 0. The van der Waals surface area contributed by atoms with E-state index in [1.54, 1.807) is 0 Å². The van der Waals surface area contributed by atoms with Crippen LogP contribution >= 0.6 is 0 Å². The van der Waals surface area contributed by atoms with E-state index in [9.17, 15) is 0 Å². The Morgan fingerprint density at radius 1 is 0.436 bits per heavy atom. The van der Waals surface area contributed by atoms with Gasteiger partial charge in [0, 0.05) is 0 Å². The molecule has 0 saturated carbocycles. The number of hydrogen-bond donors (Lipinski definition) is 0. The van der Waals surface area contributed by atoms with Gasteiger partial charge in [0.25, 0.3) is 0 Å². The second-order valence-corrected chi connectivity index (χ2v) is 11.3. The highest BCUT2D eigenvalue weighted by atomic mass is 16.7. The Hall–Kier alpha value is -3.92. The van der Waals surface area contributed by atoms with Gasteiger partial charge < -0.3 is 9.31 Å². The van der Waals surface area contributed by atoms with Gasteiger partial charge in [-0.05, 0) is 89.8 Å². The van der Waals surface area contributed by atoms with E-state index in [1.807, 2.05) is 0 Å². The normalized spacial score (nSPS) is 15.8. The monoisotopic (exact) mass is 508 g/mol. The Bertz CT molecular complexity index is 1500. The molecule has 192 valence electrons.